The van der Waals surface area contributed by atoms with Crippen LogP contribution in [0.5, 0.6) is 0 Å². The second kappa shape index (κ2) is 6.81. The Kier molecular flexibility index (Phi) is 5.29. The van der Waals surface area contributed by atoms with E-state index in [0.29, 0.717) is 12.8 Å². The van der Waals surface area contributed by atoms with Crippen molar-refractivity contribution in [1.29, 1.82) is 0 Å². The Labute approximate surface area is 123 Å². The molecule has 7 heteroatoms. The van der Waals surface area contributed by atoms with Gasteiger partial charge in [-0.2, -0.15) is 0 Å². The summed E-state index contributed by atoms with van der Waals surface area (Å²) in [6, 6.07) is 3.05. The monoisotopic (exact) mass is 319 g/mol. The quantitative estimate of drug-likeness (QED) is 0.871. The normalized spacial score (nSPS) is 23.2. The summed E-state index contributed by atoms with van der Waals surface area (Å²) in [7, 11) is -3.80. The molecule has 1 aliphatic carbocycles. The summed E-state index contributed by atoms with van der Waals surface area (Å²) >= 11 is 0. The Morgan fingerprint density at radius 2 is 1.71 bits per heavy atom. The van der Waals surface area contributed by atoms with Crippen LogP contribution in [-0.4, -0.2) is 26.2 Å². The van der Waals surface area contributed by atoms with Crippen LogP contribution in [0.2, 0.25) is 0 Å². The first kappa shape index (κ1) is 16.3. The van der Waals surface area contributed by atoms with Gasteiger partial charge in [0.05, 0.1) is 5.75 Å². The van der Waals surface area contributed by atoms with Gasteiger partial charge in [-0.05, 0) is 43.7 Å². The Morgan fingerprint density at radius 1 is 1.14 bits per heavy atom. The van der Waals surface area contributed by atoms with E-state index in [1.165, 1.54) is 6.07 Å². The van der Waals surface area contributed by atoms with Gasteiger partial charge < -0.3 is 5.11 Å². The molecule has 1 aromatic carbocycles. The summed E-state index contributed by atoms with van der Waals surface area (Å²) in [5.41, 5.74) is -0.436. The lowest BCUT2D eigenvalue weighted by atomic mass is 9.87. The zero-order valence-electron chi connectivity index (χ0n) is 11.6. The first-order valence-corrected chi connectivity index (χ1v) is 8.60. The minimum atomic E-state index is -3.80. The fourth-order valence-electron chi connectivity index (χ4n) is 2.62. The highest BCUT2D eigenvalue weighted by Crippen LogP contribution is 2.24. The van der Waals surface area contributed by atoms with Gasteiger partial charge in [0.25, 0.3) is 0 Å². The van der Waals surface area contributed by atoms with Crippen molar-refractivity contribution in [1.82, 2.24) is 4.72 Å². The molecule has 4 nitrogen and oxygen atoms in total. The molecule has 1 fully saturated rings. The minimum absolute atomic E-state index is 0.111. The maximum Gasteiger partial charge on any atom is 0.216 e. The summed E-state index contributed by atoms with van der Waals surface area (Å²) in [6.45, 7) is 0.111. The molecular weight excluding hydrogens is 300 g/mol. The summed E-state index contributed by atoms with van der Waals surface area (Å²) in [6.07, 6.45) is 2.75. The molecule has 0 aliphatic heterocycles. The van der Waals surface area contributed by atoms with E-state index < -0.39 is 33.0 Å². The van der Waals surface area contributed by atoms with Crippen molar-refractivity contribution in [3.63, 3.8) is 0 Å². The number of rotatable bonds is 5. The molecule has 1 aliphatic rings. The molecule has 0 heterocycles. The van der Waals surface area contributed by atoms with Gasteiger partial charge in [-0.3, -0.25) is 0 Å². The molecule has 2 N–H and O–H groups in total. The van der Waals surface area contributed by atoms with Crippen LogP contribution < -0.4 is 4.72 Å². The zero-order valence-corrected chi connectivity index (χ0v) is 12.4. The van der Waals surface area contributed by atoms with E-state index in [4.69, 9.17) is 5.11 Å². The Morgan fingerprint density at radius 3 is 2.24 bits per heavy atom. The Balaban J connectivity index is 2.00. The number of sulfonamides is 1. The van der Waals surface area contributed by atoms with E-state index in [9.17, 15) is 17.2 Å². The summed E-state index contributed by atoms with van der Waals surface area (Å²) in [4.78, 5) is 0. The third-order valence-electron chi connectivity index (χ3n) is 3.85. The van der Waals surface area contributed by atoms with Crippen molar-refractivity contribution in [3.8, 4) is 0 Å². The predicted octanol–water partition coefficient (Wildman–Crippen LogP) is 1.94. The molecule has 0 saturated heterocycles. The fourth-order valence-corrected chi connectivity index (χ4v) is 4.10. The first-order chi connectivity index (χ1) is 9.91. The molecule has 1 saturated carbocycles. The standard InChI is InChI=1S/C14H19F2NO3S/c15-13-2-1-3-14(16)12(13)9-21(19,20)17-11-6-4-10(8-18)5-7-11/h1-3,10-11,17-18H,4-9H2. The van der Waals surface area contributed by atoms with Gasteiger partial charge in [0, 0.05) is 18.2 Å². The largest absolute Gasteiger partial charge is 0.396 e. The van der Waals surface area contributed by atoms with Crippen LogP contribution in [0.3, 0.4) is 0 Å². The van der Waals surface area contributed by atoms with Crippen molar-refractivity contribution in [2.24, 2.45) is 5.92 Å². The molecule has 0 unspecified atom stereocenters. The van der Waals surface area contributed by atoms with Gasteiger partial charge in [0.2, 0.25) is 10.0 Å². The van der Waals surface area contributed by atoms with Gasteiger partial charge in [0.15, 0.2) is 0 Å². The third-order valence-corrected chi connectivity index (χ3v) is 5.21. The molecule has 2 rings (SSSR count). The molecule has 118 valence electrons. The molecule has 21 heavy (non-hydrogen) atoms. The summed E-state index contributed by atoms with van der Waals surface area (Å²) < 4.78 is 53.6. The van der Waals surface area contributed by atoms with Gasteiger partial charge in [-0.1, -0.05) is 6.07 Å². The molecule has 0 spiro atoms. The van der Waals surface area contributed by atoms with E-state index in [1.807, 2.05) is 0 Å². The predicted molar refractivity (Wildman–Crippen MR) is 74.9 cm³/mol. The average Bonchev–Trinajstić information content (AvgIpc) is 2.43. The lowest BCUT2D eigenvalue weighted by Gasteiger charge is -2.27. The number of benzene rings is 1. The van der Waals surface area contributed by atoms with Crippen molar-refractivity contribution in [2.45, 2.75) is 37.5 Å². The highest BCUT2D eigenvalue weighted by atomic mass is 32.2. The lowest BCUT2D eigenvalue weighted by molar-refractivity contribution is 0.180. The van der Waals surface area contributed by atoms with Crippen molar-refractivity contribution in [3.05, 3.63) is 35.4 Å². The molecule has 0 atom stereocenters. The smallest absolute Gasteiger partial charge is 0.216 e. The summed E-state index contributed by atoms with van der Waals surface area (Å²) in [5.74, 6) is -2.20. The second-order valence-corrected chi connectivity index (χ2v) is 7.23. The topological polar surface area (TPSA) is 66.4 Å². The molecule has 0 aromatic heterocycles. The van der Waals surface area contributed by atoms with E-state index in [2.05, 4.69) is 4.72 Å². The van der Waals surface area contributed by atoms with E-state index >= 15 is 0 Å². The van der Waals surface area contributed by atoms with Gasteiger partial charge in [-0.25, -0.2) is 21.9 Å². The van der Waals surface area contributed by atoms with E-state index in [1.54, 1.807) is 0 Å². The van der Waals surface area contributed by atoms with E-state index in [-0.39, 0.29) is 18.6 Å². The van der Waals surface area contributed by atoms with E-state index in [0.717, 1.165) is 25.0 Å². The maximum absolute atomic E-state index is 13.5. The molecule has 0 radical (unpaired) electrons. The second-order valence-electron chi connectivity index (χ2n) is 5.48. The summed E-state index contributed by atoms with van der Waals surface area (Å²) in [5, 5.41) is 9.04. The number of hydrogen-bond acceptors (Lipinski definition) is 3. The van der Waals surface area contributed by atoms with Crippen LogP contribution in [0.1, 0.15) is 31.2 Å². The molecule has 0 bridgehead atoms. The first-order valence-electron chi connectivity index (χ1n) is 6.95. The Hall–Kier alpha value is -1.05. The van der Waals surface area contributed by atoms with Gasteiger partial charge >= 0.3 is 0 Å². The molecule has 0 amide bonds. The number of hydrogen-bond donors (Lipinski definition) is 2. The highest BCUT2D eigenvalue weighted by Gasteiger charge is 2.26. The fraction of sp³-hybridized carbons (Fsp3) is 0.571. The van der Waals surface area contributed by atoms with Crippen molar-refractivity contribution in [2.75, 3.05) is 6.61 Å². The van der Waals surface area contributed by atoms with Crippen LogP contribution in [0, 0.1) is 17.6 Å². The van der Waals surface area contributed by atoms with Crippen LogP contribution in [0.15, 0.2) is 18.2 Å². The van der Waals surface area contributed by atoms with Crippen molar-refractivity contribution >= 4 is 10.0 Å². The van der Waals surface area contributed by atoms with Crippen LogP contribution in [-0.2, 0) is 15.8 Å². The molecular formula is C14H19F2NO3S. The molecule has 1 aromatic rings. The number of halogens is 2. The zero-order chi connectivity index (χ0) is 15.5. The maximum atomic E-state index is 13.5. The van der Waals surface area contributed by atoms with Gasteiger partial charge in [-0.15, -0.1) is 0 Å². The number of aliphatic hydroxyl groups is 1. The van der Waals surface area contributed by atoms with Crippen molar-refractivity contribution < 1.29 is 22.3 Å². The SMILES string of the molecule is O=S(=O)(Cc1c(F)cccc1F)NC1CCC(CO)CC1. The number of nitrogens with one attached hydrogen (secondary N) is 1. The Bertz CT molecular complexity index is 564. The van der Waals surface area contributed by atoms with Gasteiger partial charge in [0.1, 0.15) is 11.6 Å². The lowest BCUT2D eigenvalue weighted by Crippen LogP contribution is -2.38. The van der Waals surface area contributed by atoms with Crippen LogP contribution in [0.4, 0.5) is 8.78 Å². The number of aliphatic hydroxyl groups excluding tert-OH is 1. The van der Waals surface area contributed by atoms with Crippen LogP contribution in [0.25, 0.3) is 0 Å². The minimum Gasteiger partial charge on any atom is -0.396 e. The third kappa shape index (κ3) is 4.46. The van der Waals surface area contributed by atoms with Crippen LogP contribution >= 0.6 is 0 Å². The highest BCUT2D eigenvalue weighted by molar-refractivity contribution is 7.88. The average molecular weight is 319 g/mol.